The van der Waals surface area contributed by atoms with Crippen LogP contribution in [-0.4, -0.2) is 54.9 Å². The number of sulfone groups is 1. The van der Waals surface area contributed by atoms with E-state index in [9.17, 15) is 17.6 Å². The lowest BCUT2D eigenvalue weighted by molar-refractivity contribution is -0.125. The third kappa shape index (κ3) is 5.25. The fourth-order valence-electron chi connectivity index (χ4n) is 4.17. The predicted octanol–water partition coefficient (Wildman–Crippen LogP) is 3.16. The molecular weight excluding hydrogens is 485 g/mol. The molecule has 0 aliphatic heterocycles. The quantitative estimate of drug-likeness (QED) is 0.398. The Morgan fingerprint density at radius 3 is 2.88 bits per heavy atom. The number of aryl methyl sites for hydroxylation is 1. The second-order valence-corrected chi connectivity index (χ2v) is 11.0. The fraction of sp³-hybridized carbons (Fsp3) is 0.409. The number of hydrogen-bond acceptors (Lipinski definition) is 7. The number of aromatic nitrogens is 3. The van der Waals surface area contributed by atoms with E-state index in [1.165, 1.54) is 31.8 Å². The van der Waals surface area contributed by atoms with Crippen molar-refractivity contribution in [3.05, 3.63) is 40.6 Å². The van der Waals surface area contributed by atoms with Gasteiger partial charge in [-0.2, -0.15) is 0 Å². The van der Waals surface area contributed by atoms with Crippen LogP contribution in [0.2, 0.25) is 5.02 Å². The summed E-state index contributed by atoms with van der Waals surface area (Å²) in [5.74, 6) is -0.170. The molecule has 34 heavy (non-hydrogen) atoms. The monoisotopic (exact) mass is 509 g/mol. The highest BCUT2D eigenvalue weighted by Gasteiger charge is 2.29. The lowest BCUT2D eigenvalue weighted by Gasteiger charge is -2.22. The summed E-state index contributed by atoms with van der Waals surface area (Å²) in [4.78, 5) is 24.8. The van der Waals surface area contributed by atoms with Crippen LogP contribution in [0.1, 0.15) is 24.1 Å². The SMILES string of the molecule is COc1cc(F)c(Cl)cc1Nc1ncnc2[nH]c3c(c12)CC(C(=O)NCCCS(C)(=O)=O)CC3. The molecule has 12 heteroatoms. The van der Waals surface area contributed by atoms with Crippen LogP contribution < -0.4 is 15.4 Å². The molecule has 1 unspecified atom stereocenters. The number of ether oxygens (including phenoxy) is 1. The van der Waals surface area contributed by atoms with Crippen molar-refractivity contribution in [1.82, 2.24) is 20.3 Å². The first-order valence-electron chi connectivity index (χ1n) is 10.8. The number of aromatic amines is 1. The third-order valence-corrected chi connectivity index (χ3v) is 7.15. The van der Waals surface area contributed by atoms with E-state index >= 15 is 0 Å². The number of amides is 1. The second-order valence-electron chi connectivity index (χ2n) is 8.33. The van der Waals surface area contributed by atoms with E-state index in [1.54, 1.807) is 0 Å². The van der Waals surface area contributed by atoms with Crippen LogP contribution in [0.3, 0.4) is 0 Å². The number of hydrogen-bond donors (Lipinski definition) is 3. The zero-order valence-corrected chi connectivity index (χ0v) is 20.3. The molecular formula is C22H25ClFN5O4S. The summed E-state index contributed by atoms with van der Waals surface area (Å²) in [6.07, 6.45) is 4.78. The van der Waals surface area contributed by atoms with Gasteiger partial charge in [0.1, 0.15) is 39.2 Å². The highest BCUT2D eigenvalue weighted by molar-refractivity contribution is 7.90. The van der Waals surface area contributed by atoms with Crippen LogP contribution in [0.4, 0.5) is 15.9 Å². The van der Waals surface area contributed by atoms with Gasteiger partial charge >= 0.3 is 0 Å². The number of rotatable bonds is 8. The Morgan fingerprint density at radius 2 is 2.15 bits per heavy atom. The molecule has 9 nitrogen and oxygen atoms in total. The van der Waals surface area contributed by atoms with Crippen molar-refractivity contribution in [2.45, 2.75) is 25.7 Å². The zero-order valence-electron chi connectivity index (χ0n) is 18.7. The molecule has 1 aliphatic carbocycles. The molecule has 3 N–H and O–H groups in total. The minimum absolute atomic E-state index is 0.0355. The van der Waals surface area contributed by atoms with E-state index in [-0.39, 0.29) is 28.4 Å². The first-order chi connectivity index (χ1) is 16.2. The molecule has 0 radical (unpaired) electrons. The van der Waals surface area contributed by atoms with Crippen molar-refractivity contribution < 1.29 is 22.3 Å². The van der Waals surface area contributed by atoms with Gasteiger partial charge in [0.15, 0.2) is 0 Å². The number of nitrogens with one attached hydrogen (secondary N) is 3. The summed E-state index contributed by atoms with van der Waals surface area (Å²) in [5, 5.41) is 6.70. The van der Waals surface area contributed by atoms with E-state index in [4.69, 9.17) is 16.3 Å². The van der Waals surface area contributed by atoms with E-state index in [0.717, 1.165) is 16.6 Å². The Labute approximate surface area is 201 Å². The fourth-order valence-corrected chi connectivity index (χ4v) is 5.01. The van der Waals surface area contributed by atoms with Gasteiger partial charge < -0.3 is 20.4 Å². The number of H-pyrrole nitrogens is 1. The van der Waals surface area contributed by atoms with Gasteiger partial charge in [0.25, 0.3) is 0 Å². The van der Waals surface area contributed by atoms with E-state index in [0.29, 0.717) is 49.4 Å². The number of carbonyl (C=O) groups excluding carboxylic acids is 1. The Balaban J connectivity index is 1.57. The molecule has 182 valence electrons. The molecule has 1 amide bonds. The van der Waals surface area contributed by atoms with Crippen LogP contribution in [0.25, 0.3) is 11.0 Å². The van der Waals surface area contributed by atoms with Crippen LogP contribution >= 0.6 is 11.6 Å². The number of anilines is 2. The molecule has 0 saturated heterocycles. The van der Waals surface area contributed by atoms with E-state index in [2.05, 4.69) is 25.6 Å². The maximum atomic E-state index is 13.9. The van der Waals surface area contributed by atoms with Gasteiger partial charge in [-0.3, -0.25) is 4.79 Å². The van der Waals surface area contributed by atoms with Crippen LogP contribution in [0.5, 0.6) is 5.75 Å². The Morgan fingerprint density at radius 1 is 1.35 bits per heavy atom. The minimum atomic E-state index is -3.06. The third-order valence-electron chi connectivity index (χ3n) is 5.83. The number of nitrogens with zero attached hydrogens (tertiary/aromatic N) is 2. The normalized spacial score (nSPS) is 15.7. The largest absolute Gasteiger partial charge is 0.494 e. The summed E-state index contributed by atoms with van der Waals surface area (Å²) in [7, 11) is -1.63. The van der Waals surface area contributed by atoms with E-state index < -0.39 is 15.7 Å². The molecule has 1 aliphatic rings. The molecule has 4 rings (SSSR count). The van der Waals surface area contributed by atoms with Crippen molar-refractivity contribution in [3.63, 3.8) is 0 Å². The van der Waals surface area contributed by atoms with Crippen molar-refractivity contribution in [2.24, 2.45) is 5.92 Å². The summed E-state index contributed by atoms with van der Waals surface area (Å²) >= 11 is 5.97. The molecule has 0 fully saturated rings. The molecule has 0 saturated carbocycles. The molecule has 2 aromatic heterocycles. The average molecular weight is 510 g/mol. The molecule has 2 heterocycles. The van der Waals surface area contributed by atoms with Crippen LogP contribution in [-0.2, 0) is 27.5 Å². The summed E-state index contributed by atoms with van der Waals surface area (Å²) < 4.78 is 41.7. The van der Waals surface area contributed by atoms with Crippen molar-refractivity contribution in [3.8, 4) is 5.75 Å². The van der Waals surface area contributed by atoms with Crippen LogP contribution in [0.15, 0.2) is 18.5 Å². The molecule has 3 aromatic rings. The second kappa shape index (κ2) is 9.75. The summed E-state index contributed by atoms with van der Waals surface area (Å²) in [5.41, 5.74) is 3.00. The number of methoxy groups -OCH3 is 1. The maximum absolute atomic E-state index is 13.9. The number of benzene rings is 1. The Bertz CT molecular complexity index is 1340. The Hall–Kier alpha value is -2.92. The lowest BCUT2D eigenvalue weighted by Crippen LogP contribution is -2.35. The standard InChI is InChI=1S/C22H25ClFN5O4S/c1-33-18-10-15(24)14(23)9-17(18)29-21-19-13-8-12(22(30)25-6-3-7-34(2,31)32)4-5-16(13)28-20(19)26-11-27-21/h9-12H,3-8H2,1-2H3,(H,25,30)(H2,26,27,28,29). The number of fused-ring (bicyclic) bond motifs is 3. The molecule has 0 spiro atoms. The molecule has 0 bridgehead atoms. The van der Waals surface area contributed by atoms with Gasteiger partial charge in [-0.15, -0.1) is 0 Å². The first-order valence-corrected chi connectivity index (χ1v) is 13.2. The lowest BCUT2D eigenvalue weighted by atomic mass is 9.86. The van der Waals surface area contributed by atoms with Crippen molar-refractivity contribution in [1.29, 1.82) is 0 Å². The van der Waals surface area contributed by atoms with Gasteiger partial charge in [0.2, 0.25) is 5.91 Å². The highest BCUT2D eigenvalue weighted by atomic mass is 35.5. The topological polar surface area (TPSA) is 126 Å². The highest BCUT2D eigenvalue weighted by Crippen LogP contribution is 2.37. The maximum Gasteiger partial charge on any atom is 0.223 e. The zero-order chi connectivity index (χ0) is 24.5. The van der Waals surface area contributed by atoms with Crippen LogP contribution in [0, 0.1) is 11.7 Å². The van der Waals surface area contributed by atoms with Gasteiger partial charge in [-0.25, -0.2) is 22.8 Å². The van der Waals surface area contributed by atoms with Crippen molar-refractivity contribution >= 4 is 49.9 Å². The van der Waals surface area contributed by atoms with Gasteiger partial charge in [-0.05, 0) is 37.3 Å². The number of carbonyl (C=O) groups is 1. The molecule has 1 aromatic carbocycles. The van der Waals surface area contributed by atoms with E-state index in [1.807, 2.05) is 0 Å². The Kier molecular flexibility index (Phi) is 6.94. The average Bonchev–Trinajstić information content (AvgIpc) is 3.17. The van der Waals surface area contributed by atoms with Gasteiger partial charge in [0, 0.05) is 30.5 Å². The predicted molar refractivity (Wildman–Crippen MR) is 128 cm³/mol. The van der Waals surface area contributed by atoms with Gasteiger partial charge in [-0.1, -0.05) is 11.6 Å². The summed E-state index contributed by atoms with van der Waals surface area (Å²) in [6.45, 7) is 0.310. The first kappa shape index (κ1) is 24.2. The number of halogens is 2. The van der Waals surface area contributed by atoms with Gasteiger partial charge in [0.05, 0.1) is 29.0 Å². The smallest absolute Gasteiger partial charge is 0.223 e. The minimum Gasteiger partial charge on any atom is -0.494 e. The molecule has 1 atom stereocenters. The van der Waals surface area contributed by atoms with Crippen molar-refractivity contribution in [2.75, 3.05) is 31.0 Å². The summed E-state index contributed by atoms with van der Waals surface area (Å²) in [6, 6.07) is 2.62.